The smallest absolute Gasteiger partial charge is 0.425 e. The van der Waals surface area contributed by atoms with Gasteiger partial charge in [0.15, 0.2) is 11.2 Å². The summed E-state index contributed by atoms with van der Waals surface area (Å²) in [7, 11) is -6.22. The summed E-state index contributed by atoms with van der Waals surface area (Å²) >= 11 is 0. The van der Waals surface area contributed by atoms with Crippen molar-refractivity contribution >= 4 is 112 Å². The summed E-state index contributed by atoms with van der Waals surface area (Å²) in [5.74, 6) is 0.867. The van der Waals surface area contributed by atoms with E-state index in [4.69, 9.17) is 57.2 Å². The Morgan fingerprint density at radius 2 is 0.927 bits per heavy atom. The molecule has 6 heterocycles. The average molecular weight is 1360 g/mol. The lowest BCUT2D eigenvalue weighted by Gasteiger charge is -2.43. The number of anilines is 2. The maximum atomic E-state index is 13.3. The monoisotopic (exact) mass is 1360 g/mol. The number of allylic oxidation sites excluding steroid dienone is 2. The molecular weight excluding hydrogens is 1280 g/mol. The number of hydrogen-bond donors (Lipinski definition) is 0. The fraction of sp³-hybridized carbons (Fsp3) is 0.429. The molecule has 0 N–H and O–H groups in total. The van der Waals surface area contributed by atoms with Crippen LogP contribution in [0.15, 0.2) is 124 Å². The van der Waals surface area contributed by atoms with Crippen LogP contribution in [-0.4, -0.2) is 125 Å². The van der Waals surface area contributed by atoms with E-state index in [1.807, 2.05) is 84.3 Å². The fourth-order valence-corrected chi connectivity index (χ4v) is 12.1. The molecule has 96 heavy (non-hydrogen) atoms. The minimum Gasteiger partial charge on any atom is -0.462 e. The molecule has 4 aromatic carbocycles. The Kier molecular flexibility index (Phi) is 26.8. The third-order valence-electron chi connectivity index (χ3n) is 16.3. The van der Waals surface area contributed by atoms with Crippen LogP contribution in [0.25, 0.3) is 78.2 Å². The predicted octanol–water partition coefficient (Wildman–Crippen LogP) is 12.2. The molecule has 26 heteroatoms. The third-order valence-corrected chi connectivity index (χ3v) is 16.3. The number of fused-ring (bicyclic) bond motifs is 6. The Hall–Kier alpha value is -9.65. The summed E-state index contributed by atoms with van der Waals surface area (Å²) < 4.78 is 79.2. The van der Waals surface area contributed by atoms with E-state index in [1.165, 1.54) is 0 Å². The second-order valence-corrected chi connectivity index (χ2v) is 25.7. The predicted molar refractivity (Wildman–Crippen MR) is 363 cm³/mol. The summed E-state index contributed by atoms with van der Waals surface area (Å²) in [5, 5.41) is 1.59. The van der Waals surface area contributed by atoms with Crippen molar-refractivity contribution in [3.05, 3.63) is 129 Å². The number of nitrogens with zero attached hydrogens (tertiary/aromatic N) is 6. The van der Waals surface area contributed by atoms with Crippen molar-refractivity contribution in [2.75, 3.05) is 49.1 Å². The number of rotatable bonds is 23. The van der Waals surface area contributed by atoms with Gasteiger partial charge in [0.25, 0.3) is 6.47 Å². The molecule has 0 atom stereocenters. The molecule has 10 rings (SSSR count). The van der Waals surface area contributed by atoms with Gasteiger partial charge in [0.1, 0.15) is 38.9 Å². The Balaban J connectivity index is 0.000000266. The summed E-state index contributed by atoms with van der Waals surface area (Å²) in [4.78, 5) is 96.9. The highest BCUT2D eigenvalue weighted by Gasteiger charge is 2.34. The molecule has 512 valence electrons. The van der Waals surface area contributed by atoms with E-state index in [0.29, 0.717) is 77.8 Å². The van der Waals surface area contributed by atoms with Gasteiger partial charge in [0.05, 0.1) is 11.1 Å². The van der Waals surface area contributed by atoms with Crippen LogP contribution in [-0.2, 0) is 49.9 Å². The van der Waals surface area contributed by atoms with E-state index in [1.54, 1.807) is 12.1 Å². The highest BCUT2D eigenvalue weighted by Crippen LogP contribution is 2.43. The number of unbranched alkanes of at least 4 members (excludes halogenated alkanes) is 1. The fourth-order valence-electron chi connectivity index (χ4n) is 12.1. The molecule has 0 saturated carbocycles. The van der Waals surface area contributed by atoms with E-state index in [2.05, 4.69) is 106 Å². The minimum absolute atomic E-state index is 0.156. The molecule has 0 saturated heterocycles. The maximum Gasteiger partial charge on any atom is 0.425 e. The van der Waals surface area contributed by atoms with Gasteiger partial charge in [0, 0.05) is 97.5 Å². The number of hydrogen-bond acceptors (Lipinski definition) is 22. The molecule has 0 unspecified atom stereocenters. The summed E-state index contributed by atoms with van der Waals surface area (Å²) in [6.45, 7) is 27.9. The van der Waals surface area contributed by atoms with Crippen molar-refractivity contribution in [3.8, 4) is 22.9 Å². The minimum atomic E-state index is -3.11. The molecule has 0 radical (unpaired) electrons. The van der Waals surface area contributed by atoms with E-state index in [9.17, 15) is 24.0 Å². The molecule has 0 bridgehead atoms. The van der Waals surface area contributed by atoms with Crippen molar-refractivity contribution in [2.24, 2.45) is 0 Å². The van der Waals surface area contributed by atoms with E-state index >= 15 is 0 Å². The number of benzene rings is 4. The average Bonchev–Trinajstić information content (AvgIpc) is 0.805. The van der Waals surface area contributed by atoms with Crippen LogP contribution < -0.4 is 21.1 Å². The number of aromatic nitrogens is 2. The first-order chi connectivity index (χ1) is 45.5. The number of oxazole rings is 2. The number of amides is 2. The molecule has 2 amide bonds. The van der Waals surface area contributed by atoms with Crippen LogP contribution in [0.2, 0.25) is 0 Å². The third kappa shape index (κ3) is 20.0. The lowest BCUT2D eigenvalue weighted by molar-refractivity contribution is -0.191. The summed E-state index contributed by atoms with van der Waals surface area (Å²) in [6.07, 6.45) is 12.5. The first-order valence-corrected chi connectivity index (χ1v) is 33.6. The van der Waals surface area contributed by atoms with Crippen molar-refractivity contribution in [1.29, 1.82) is 0 Å². The number of para-hydroxylation sites is 4. The van der Waals surface area contributed by atoms with Gasteiger partial charge in [-0.25, -0.2) is 19.6 Å². The van der Waals surface area contributed by atoms with Gasteiger partial charge < -0.3 is 42.0 Å². The van der Waals surface area contributed by atoms with E-state index in [-0.39, 0.29) is 46.4 Å². The molecule has 2 aliphatic heterocycles. The Bertz CT molecular complexity index is 4450. The molecule has 24 nitrogen and oxygen atoms in total. The van der Waals surface area contributed by atoms with Crippen molar-refractivity contribution in [1.82, 2.24) is 19.8 Å². The van der Waals surface area contributed by atoms with Crippen LogP contribution >= 0.6 is 0 Å². The topological polar surface area (TPSA) is 322 Å². The maximum absolute atomic E-state index is 13.3. The molecule has 2 aliphatic rings. The molecule has 0 fully saturated rings. The molecule has 0 spiro atoms. The number of carbonyl (C=O) groups is 3. The van der Waals surface area contributed by atoms with Crippen molar-refractivity contribution in [3.63, 3.8) is 0 Å². The lowest BCUT2D eigenvalue weighted by Crippen LogP contribution is -2.46. The van der Waals surface area contributed by atoms with E-state index < -0.39 is 38.1 Å². The zero-order valence-electron chi connectivity index (χ0n) is 56.0. The largest absolute Gasteiger partial charge is 0.462 e. The van der Waals surface area contributed by atoms with Crippen LogP contribution in [0.1, 0.15) is 151 Å². The SMILES string of the molecule is CCCN(CCC)C(=O)CCCN1c2cc3oc(=O)c(-c4nc5ccccc5o4)cc3cc2C(C)=CC1(C)C.CCCN(CCCCC(C)(C)OC=O)C(=O)CCCN1c2cc3oc(=O)c(-c4nc5ccccc5o4)cc3cc2C(C)=CC1(C)C.O=C=O.O=S(=O)=O.O=S(=O)=O. The highest BCUT2D eigenvalue weighted by atomic mass is 32.2. The highest BCUT2D eigenvalue weighted by molar-refractivity contribution is 7.59. The first kappa shape index (κ1) is 75.4. The van der Waals surface area contributed by atoms with Crippen molar-refractivity contribution in [2.45, 2.75) is 157 Å². The molecular formula is C70H82N6O18S2. The van der Waals surface area contributed by atoms with Crippen LogP contribution in [0.5, 0.6) is 0 Å². The number of ether oxygens (including phenoxy) is 1. The van der Waals surface area contributed by atoms with Gasteiger partial charge in [-0.05, 0) is 166 Å². The first-order valence-electron chi connectivity index (χ1n) is 31.6. The molecule has 8 aromatic rings. The summed E-state index contributed by atoms with van der Waals surface area (Å²) in [5.41, 5.74) is 8.61. The standard InChI is InChI=1S/C37H45N3O6.C32H37N3O4.CO2.2O3S/c1-7-17-39(18-11-10-16-37(5,6)44-24-41)33(42)15-12-19-40-30-22-32-26(20-27(30)25(2)23-36(40,3)4)21-28(35(43)46-32)34-38-29-13-8-9-14-31(29)45-34;1-6-14-34(15-7-2)29(36)13-10-16-35-26-19-28-22(17-23(26)21(3)20-32(35,4)5)18-24(31(37)39-28)30-33-25-11-8-9-12-27(25)38-30;2-1-3;2*1-4(2)3/h8-9,13-14,20-24H,7,10-12,15-19H2,1-6H3;8-9,11-12,17-20H,6-7,10,13-16H2,1-5H3;;;. The normalized spacial score (nSPS) is 13.3. The lowest BCUT2D eigenvalue weighted by atomic mass is 9.87. The Morgan fingerprint density at radius 1 is 0.562 bits per heavy atom. The second-order valence-electron chi connectivity index (χ2n) is 24.8. The second kappa shape index (κ2) is 34.1. The van der Waals surface area contributed by atoms with Crippen LogP contribution in [0, 0.1) is 0 Å². The molecule has 4 aromatic heterocycles. The van der Waals surface area contributed by atoms with Gasteiger partial charge in [-0.2, -0.15) is 9.59 Å². The quantitative estimate of drug-likeness (QED) is 0.0326. The van der Waals surface area contributed by atoms with Gasteiger partial charge >= 0.3 is 38.6 Å². The van der Waals surface area contributed by atoms with Gasteiger partial charge in [-0.15, -0.1) is 25.3 Å². The van der Waals surface area contributed by atoms with Crippen LogP contribution in [0.3, 0.4) is 0 Å². The van der Waals surface area contributed by atoms with Crippen LogP contribution in [0.4, 0.5) is 11.4 Å². The Labute approximate surface area is 559 Å². The Morgan fingerprint density at radius 3 is 1.29 bits per heavy atom. The van der Waals surface area contributed by atoms with Gasteiger partial charge in [0.2, 0.25) is 23.6 Å². The zero-order chi connectivity index (χ0) is 70.7. The zero-order valence-corrected chi connectivity index (χ0v) is 57.6. The summed E-state index contributed by atoms with van der Waals surface area (Å²) in [6, 6.07) is 26.5. The van der Waals surface area contributed by atoms with Gasteiger partial charge in [-0.3, -0.25) is 14.4 Å². The van der Waals surface area contributed by atoms with E-state index in [0.717, 1.165) is 116 Å². The van der Waals surface area contributed by atoms with Gasteiger partial charge in [-0.1, -0.05) is 57.2 Å². The number of carbonyl (C=O) groups excluding carboxylic acids is 5. The van der Waals surface area contributed by atoms with Crippen molar-refractivity contribution < 1.29 is 71.6 Å². The molecule has 0 aliphatic carbocycles.